The summed E-state index contributed by atoms with van der Waals surface area (Å²) in [4.78, 5) is 25.8. The molecule has 2 atom stereocenters. The Bertz CT molecular complexity index is 527. The van der Waals surface area contributed by atoms with Gasteiger partial charge in [-0.15, -0.1) is 0 Å². The van der Waals surface area contributed by atoms with Gasteiger partial charge in [0.15, 0.2) is 0 Å². The maximum Gasteiger partial charge on any atom is 0.254 e. The fourth-order valence-electron chi connectivity index (χ4n) is 3.23. The molecule has 4 nitrogen and oxygen atoms in total. The van der Waals surface area contributed by atoms with Gasteiger partial charge >= 0.3 is 0 Å². The van der Waals surface area contributed by atoms with Gasteiger partial charge in [0.2, 0.25) is 5.91 Å². The highest BCUT2D eigenvalue weighted by Gasteiger charge is 2.36. The van der Waals surface area contributed by atoms with Gasteiger partial charge in [-0.05, 0) is 37.3 Å². The third-order valence-corrected chi connectivity index (χ3v) is 4.36. The Kier molecular flexibility index (Phi) is 3.01. The van der Waals surface area contributed by atoms with Crippen molar-refractivity contribution in [3.63, 3.8) is 0 Å². The first-order valence-corrected chi connectivity index (χ1v) is 6.85. The summed E-state index contributed by atoms with van der Waals surface area (Å²) >= 11 is 0. The van der Waals surface area contributed by atoms with Crippen molar-refractivity contribution in [2.24, 2.45) is 11.7 Å². The zero-order valence-electron chi connectivity index (χ0n) is 10.8. The maximum absolute atomic E-state index is 12.6. The molecule has 4 heteroatoms. The minimum absolute atomic E-state index is 0.0593. The summed E-state index contributed by atoms with van der Waals surface area (Å²) in [5.74, 6) is -0.418. The Hall–Kier alpha value is -1.84. The van der Waals surface area contributed by atoms with Crippen molar-refractivity contribution in [1.82, 2.24) is 4.90 Å². The molecule has 2 aliphatic heterocycles. The second-order valence-corrected chi connectivity index (χ2v) is 5.48. The number of piperidine rings is 1. The van der Waals surface area contributed by atoms with Crippen LogP contribution in [-0.2, 0) is 11.2 Å². The van der Waals surface area contributed by atoms with Crippen LogP contribution in [0.15, 0.2) is 24.3 Å². The molecule has 0 aromatic heterocycles. The standard InChI is InChI=1S/C15H18N2O2/c16-14(18)11-6-8-12-7-5-10-3-1-2-4-13(10)15(19)17(12)9-11/h1-4,11-12H,5-9H2,(H2,16,18)/t11-,12-/m0/s1. The van der Waals surface area contributed by atoms with Crippen molar-refractivity contribution in [3.8, 4) is 0 Å². The van der Waals surface area contributed by atoms with Gasteiger partial charge in [0, 0.05) is 18.2 Å². The van der Waals surface area contributed by atoms with Crippen LogP contribution in [0.3, 0.4) is 0 Å². The topological polar surface area (TPSA) is 63.4 Å². The quantitative estimate of drug-likeness (QED) is 0.826. The molecule has 2 amide bonds. The van der Waals surface area contributed by atoms with E-state index in [0.29, 0.717) is 6.54 Å². The zero-order chi connectivity index (χ0) is 13.4. The summed E-state index contributed by atoms with van der Waals surface area (Å²) in [6.45, 7) is 0.479. The molecule has 100 valence electrons. The summed E-state index contributed by atoms with van der Waals surface area (Å²) in [5.41, 5.74) is 7.30. The third-order valence-electron chi connectivity index (χ3n) is 4.36. The smallest absolute Gasteiger partial charge is 0.254 e. The molecule has 0 aliphatic carbocycles. The normalized spacial score (nSPS) is 26.3. The van der Waals surface area contributed by atoms with Gasteiger partial charge in [-0.25, -0.2) is 0 Å². The molecule has 2 N–H and O–H groups in total. The van der Waals surface area contributed by atoms with Crippen molar-refractivity contribution in [2.45, 2.75) is 31.7 Å². The number of nitrogens with zero attached hydrogens (tertiary/aromatic N) is 1. The van der Waals surface area contributed by atoms with E-state index < -0.39 is 0 Å². The summed E-state index contributed by atoms with van der Waals surface area (Å²) in [7, 11) is 0. The van der Waals surface area contributed by atoms with Gasteiger partial charge < -0.3 is 10.6 Å². The third kappa shape index (κ3) is 2.11. The van der Waals surface area contributed by atoms with Gasteiger partial charge in [-0.2, -0.15) is 0 Å². The Labute approximate surface area is 112 Å². The number of primary amides is 1. The molecule has 19 heavy (non-hydrogen) atoms. The summed E-state index contributed by atoms with van der Waals surface area (Å²) in [6.07, 6.45) is 3.60. The van der Waals surface area contributed by atoms with Crippen LogP contribution in [-0.4, -0.2) is 29.3 Å². The van der Waals surface area contributed by atoms with Crippen LogP contribution in [0, 0.1) is 5.92 Å². The lowest BCUT2D eigenvalue weighted by Gasteiger charge is -2.37. The first-order valence-electron chi connectivity index (χ1n) is 6.85. The number of amides is 2. The van der Waals surface area contributed by atoms with E-state index in [1.807, 2.05) is 29.2 Å². The molecule has 1 aromatic carbocycles. The molecule has 3 rings (SSSR count). The molecule has 1 saturated heterocycles. The molecule has 0 bridgehead atoms. The number of carbonyl (C=O) groups is 2. The van der Waals surface area contributed by atoms with Crippen LogP contribution < -0.4 is 5.73 Å². The number of benzene rings is 1. The minimum atomic E-state index is -0.288. The number of rotatable bonds is 1. The van der Waals surface area contributed by atoms with Crippen LogP contribution in [0.1, 0.15) is 35.2 Å². The lowest BCUT2D eigenvalue weighted by Crippen LogP contribution is -2.49. The van der Waals surface area contributed by atoms with Gasteiger partial charge in [0.1, 0.15) is 0 Å². The van der Waals surface area contributed by atoms with Gasteiger partial charge in [-0.1, -0.05) is 18.2 Å². The van der Waals surface area contributed by atoms with Gasteiger partial charge in [0.05, 0.1) is 5.92 Å². The molecule has 1 fully saturated rings. The number of hydrogen-bond acceptors (Lipinski definition) is 2. The molecular formula is C15H18N2O2. The summed E-state index contributed by atoms with van der Waals surface area (Å²) < 4.78 is 0. The maximum atomic E-state index is 12.6. The average Bonchev–Trinajstić information content (AvgIpc) is 2.57. The Morgan fingerprint density at radius 1 is 1.21 bits per heavy atom. The van der Waals surface area contributed by atoms with Crippen molar-refractivity contribution in [2.75, 3.05) is 6.54 Å². The molecule has 0 unspecified atom stereocenters. The van der Waals surface area contributed by atoms with E-state index in [1.54, 1.807) is 0 Å². The first kappa shape index (κ1) is 12.2. The van der Waals surface area contributed by atoms with Crippen LogP contribution >= 0.6 is 0 Å². The van der Waals surface area contributed by atoms with E-state index in [4.69, 9.17) is 5.73 Å². The van der Waals surface area contributed by atoms with Crippen LogP contribution in [0.4, 0.5) is 0 Å². The molecule has 2 aliphatic rings. The highest BCUT2D eigenvalue weighted by molar-refractivity contribution is 5.96. The van der Waals surface area contributed by atoms with Crippen molar-refractivity contribution in [1.29, 1.82) is 0 Å². The Balaban J connectivity index is 1.92. The summed E-state index contributed by atoms with van der Waals surface area (Å²) in [6, 6.07) is 8.04. The second kappa shape index (κ2) is 4.68. The number of hydrogen-bond donors (Lipinski definition) is 1. The Morgan fingerprint density at radius 3 is 2.79 bits per heavy atom. The fraction of sp³-hybridized carbons (Fsp3) is 0.467. The fourth-order valence-corrected chi connectivity index (χ4v) is 3.23. The molecule has 1 aromatic rings. The minimum Gasteiger partial charge on any atom is -0.369 e. The molecule has 0 spiro atoms. The SMILES string of the molecule is NC(=O)[C@H]1CC[C@@H]2CCc3ccccc3C(=O)N2C1. The largest absolute Gasteiger partial charge is 0.369 e. The average molecular weight is 258 g/mol. The lowest BCUT2D eigenvalue weighted by atomic mass is 9.90. The molecule has 0 radical (unpaired) electrons. The van der Waals surface area contributed by atoms with E-state index >= 15 is 0 Å². The van der Waals surface area contributed by atoms with Crippen LogP contribution in [0.25, 0.3) is 0 Å². The van der Waals surface area contributed by atoms with Crippen molar-refractivity contribution in [3.05, 3.63) is 35.4 Å². The number of aryl methyl sites for hydroxylation is 1. The van der Waals surface area contributed by atoms with Crippen LogP contribution in [0.5, 0.6) is 0 Å². The number of nitrogens with two attached hydrogens (primary N) is 1. The monoisotopic (exact) mass is 258 g/mol. The van der Waals surface area contributed by atoms with Gasteiger partial charge in [-0.3, -0.25) is 9.59 Å². The van der Waals surface area contributed by atoms with E-state index in [1.165, 1.54) is 0 Å². The van der Waals surface area contributed by atoms with E-state index in [0.717, 1.165) is 36.8 Å². The van der Waals surface area contributed by atoms with Crippen molar-refractivity contribution >= 4 is 11.8 Å². The second-order valence-electron chi connectivity index (χ2n) is 5.48. The zero-order valence-corrected chi connectivity index (χ0v) is 10.8. The number of carbonyl (C=O) groups excluding carboxylic acids is 2. The first-order chi connectivity index (χ1) is 9.16. The highest BCUT2D eigenvalue weighted by Crippen LogP contribution is 2.30. The van der Waals surface area contributed by atoms with Crippen molar-refractivity contribution < 1.29 is 9.59 Å². The van der Waals surface area contributed by atoms with Gasteiger partial charge in [0.25, 0.3) is 5.91 Å². The molecular weight excluding hydrogens is 240 g/mol. The number of fused-ring (bicyclic) bond motifs is 2. The van der Waals surface area contributed by atoms with Crippen LogP contribution in [0.2, 0.25) is 0 Å². The van der Waals surface area contributed by atoms with E-state index in [9.17, 15) is 9.59 Å². The lowest BCUT2D eigenvalue weighted by molar-refractivity contribution is -0.123. The van der Waals surface area contributed by atoms with E-state index in [-0.39, 0.29) is 23.8 Å². The highest BCUT2D eigenvalue weighted by atomic mass is 16.2. The Morgan fingerprint density at radius 2 is 2.00 bits per heavy atom. The van der Waals surface area contributed by atoms with E-state index in [2.05, 4.69) is 0 Å². The predicted molar refractivity (Wildman–Crippen MR) is 71.5 cm³/mol. The molecule has 0 saturated carbocycles. The summed E-state index contributed by atoms with van der Waals surface area (Å²) in [5, 5.41) is 0. The predicted octanol–water partition coefficient (Wildman–Crippen LogP) is 1.34. The molecule has 2 heterocycles.